The van der Waals surface area contributed by atoms with E-state index in [4.69, 9.17) is 4.74 Å². The Hall–Kier alpha value is -3.46. The Morgan fingerprint density at radius 1 is 1.09 bits per heavy atom. The maximum Gasteiger partial charge on any atom is 0.430 e. The number of hydrogen-bond acceptors (Lipinski definition) is 5. The molecule has 1 atom stereocenters. The van der Waals surface area contributed by atoms with Gasteiger partial charge in [-0.25, -0.2) is 9.78 Å². The second kappa shape index (κ2) is 10.0. The van der Waals surface area contributed by atoms with E-state index in [1.165, 1.54) is 4.90 Å². The lowest BCUT2D eigenvalue weighted by Crippen LogP contribution is -2.55. The number of carbonyl (C=O) groups is 1. The second-order valence-electron chi connectivity index (χ2n) is 7.70. The number of benzene rings is 1. The molecule has 6 nitrogen and oxygen atoms in total. The third-order valence-corrected chi connectivity index (χ3v) is 5.44. The van der Waals surface area contributed by atoms with Gasteiger partial charge in [0.1, 0.15) is 18.5 Å². The normalized spacial score (nSPS) is 17.0. The number of pyridine rings is 1. The highest BCUT2D eigenvalue weighted by Gasteiger charge is 2.71. The summed E-state index contributed by atoms with van der Waals surface area (Å²) in [5.41, 5.74) is -5.72. The Kier molecular flexibility index (Phi) is 7.50. The number of alkyl halides is 6. The largest absolute Gasteiger partial charge is 0.445 e. The van der Waals surface area contributed by atoms with Gasteiger partial charge in [0.25, 0.3) is 5.60 Å². The Morgan fingerprint density at radius 3 is 2.29 bits per heavy atom. The molecule has 35 heavy (non-hydrogen) atoms. The first-order valence-corrected chi connectivity index (χ1v) is 10.4. The maximum absolute atomic E-state index is 13.1. The molecular formula is C23H21F6N3O3. The average Bonchev–Trinajstić information content (AvgIpc) is 2.81. The maximum atomic E-state index is 13.1. The lowest BCUT2D eigenvalue weighted by atomic mass is 9.94. The molecule has 1 aromatic heterocycles. The zero-order valence-corrected chi connectivity index (χ0v) is 18.4. The minimum atomic E-state index is -6.00. The molecule has 1 fully saturated rings. The van der Waals surface area contributed by atoms with E-state index in [1.54, 1.807) is 36.1 Å². The van der Waals surface area contributed by atoms with Crippen molar-refractivity contribution in [3.8, 4) is 11.8 Å². The van der Waals surface area contributed by atoms with Crippen LogP contribution in [0.25, 0.3) is 0 Å². The van der Waals surface area contributed by atoms with Crippen molar-refractivity contribution in [3.63, 3.8) is 0 Å². The Balaban J connectivity index is 1.75. The third-order valence-electron chi connectivity index (χ3n) is 5.44. The van der Waals surface area contributed by atoms with Crippen molar-refractivity contribution in [1.82, 2.24) is 9.88 Å². The fourth-order valence-corrected chi connectivity index (χ4v) is 3.58. The summed E-state index contributed by atoms with van der Waals surface area (Å²) in [6.07, 6.45) is -12.2. The first-order valence-electron chi connectivity index (χ1n) is 10.4. The molecule has 1 unspecified atom stereocenters. The summed E-state index contributed by atoms with van der Waals surface area (Å²) in [7, 11) is 0. The van der Waals surface area contributed by atoms with Crippen LogP contribution < -0.4 is 4.90 Å². The fourth-order valence-electron chi connectivity index (χ4n) is 3.58. The van der Waals surface area contributed by atoms with E-state index >= 15 is 0 Å². The molecular weight excluding hydrogens is 480 g/mol. The van der Waals surface area contributed by atoms with Crippen LogP contribution in [-0.4, -0.2) is 59.1 Å². The summed E-state index contributed by atoms with van der Waals surface area (Å²) in [6, 6.07) is 9.86. The fraction of sp³-hybridized carbons (Fsp3) is 0.391. The quantitative estimate of drug-likeness (QED) is 0.502. The highest BCUT2D eigenvalue weighted by molar-refractivity contribution is 5.68. The number of piperazine rings is 1. The summed E-state index contributed by atoms with van der Waals surface area (Å²) in [5.74, 6) is 5.60. The predicted octanol–water partition coefficient (Wildman–Crippen LogP) is 4.24. The van der Waals surface area contributed by atoms with E-state index in [2.05, 4.69) is 16.8 Å². The van der Waals surface area contributed by atoms with Gasteiger partial charge >= 0.3 is 18.4 Å². The molecule has 2 aromatic rings. The van der Waals surface area contributed by atoms with Gasteiger partial charge in [-0.15, -0.1) is 5.92 Å². The summed E-state index contributed by atoms with van der Waals surface area (Å²) in [4.78, 5) is 19.2. The lowest BCUT2D eigenvalue weighted by molar-refractivity contribution is -0.376. The Bertz CT molecular complexity index is 1060. The summed E-state index contributed by atoms with van der Waals surface area (Å²) in [6.45, 7) is 2.00. The van der Waals surface area contributed by atoms with Crippen molar-refractivity contribution < 1.29 is 41.0 Å². The van der Waals surface area contributed by atoms with Gasteiger partial charge in [-0.1, -0.05) is 42.3 Å². The molecule has 0 aliphatic carbocycles. The van der Waals surface area contributed by atoms with E-state index in [0.29, 0.717) is 12.3 Å². The number of aromatic nitrogens is 1. The average molecular weight is 501 g/mol. The zero-order valence-electron chi connectivity index (χ0n) is 18.4. The summed E-state index contributed by atoms with van der Waals surface area (Å²) in [5, 5.41) is 9.54. The number of anilines is 1. The van der Waals surface area contributed by atoms with E-state index < -0.39 is 35.7 Å². The van der Waals surface area contributed by atoms with Crippen molar-refractivity contribution >= 4 is 11.9 Å². The van der Waals surface area contributed by atoms with Crippen LogP contribution >= 0.6 is 0 Å². The molecule has 1 saturated heterocycles. The topological polar surface area (TPSA) is 65.9 Å². The highest BCUT2D eigenvalue weighted by atomic mass is 19.4. The number of rotatable bonds is 4. The van der Waals surface area contributed by atoms with Gasteiger partial charge in [0.2, 0.25) is 0 Å². The third kappa shape index (κ3) is 5.45. The number of carbonyl (C=O) groups excluding carboxylic acids is 1. The molecule has 1 aliphatic heterocycles. The molecule has 0 radical (unpaired) electrons. The molecule has 188 valence electrons. The molecule has 0 saturated carbocycles. The van der Waals surface area contributed by atoms with Crippen LogP contribution in [-0.2, 0) is 16.9 Å². The van der Waals surface area contributed by atoms with Gasteiger partial charge in [-0.05, 0) is 18.6 Å². The first-order chi connectivity index (χ1) is 16.4. The Morgan fingerprint density at radius 2 is 1.74 bits per heavy atom. The number of nitrogens with zero attached hydrogens (tertiary/aromatic N) is 3. The molecule has 1 N–H and O–H groups in total. The van der Waals surface area contributed by atoms with Crippen molar-refractivity contribution in [2.24, 2.45) is 0 Å². The molecule has 1 aliphatic rings. The molecule has 3 rings (SSSR count). The number of halogens is 6. The van der Waals surface area contributed by atoms with Gasteiger partial charge in [-0.2, -0.15) is 26.3 Å². The van der Waals surface area contributed by atoms with Gasteiger partial charge in [-0.3, -0.25) is 0 Å². The zero-order chi connectivity index (χ0) is 25.9. The second-order valence-corrected chi connectivity index (χ2v) is 7.70. The monoisotopic (exact) mass is 501 g/mol. The molecule has 0 spiro atoms. The molecule has 0 bridgehead atoms. The summed E-state index contributed by atoms with van der Waals surface area (Å²) >= 11 is 0. The van der Waals surface area contributed by atoms with Crippen LogP contribution in [0.4, 0.5) is 37.0 Å². The van der Waals surface area contributed by atoms with Crippen LogP contribution in [0.3, 0.4) is 0 Å². The van der Waals surface area contributed by atoms with Gasteiger partial charge in [0.15, 0.2) is 0 Å². The van der Waals surface area contributed by atoms with E-state index in [-0.39, 0.29) is 32.1 Å². The van der Waals surface area contributed by atoms with Crippen LogP contribution in [0.2, 0.25) is 0 Å². The number of hydrogen-bond donors (Lipinski definition) is 1. The van der Waals surface area contributed by atoms with E-state index in [9.17, 15) is 36.2 Å². The minimum absolute atomic E-state index is 0.0468. The molecule has 12 heteroatoms. The van der Waals surface area contributed by atoms with Crippen LogP contribution in [0, 0.1) is 11.8 Å². The van der Waals surface area contributed by atoms with Crippen LogP contribution in [0.15, 0.2) is 48.7 Å². The van der Waals surface area contributed by atoms with E-state index in [0.717, 1.165) is 11.6 Å². The standard InChI is InChI=1S/C23H21F6N3O3/c1-2-6-18-14-31(20(33)35-15-16-7-4-3-5-8-16)11-12-32(18)19-10-9-17(13-30-19)21(34,22(24,25)26)23(27,28)29/h3-5,7-10,13,18,34H,11-12,14-15H2,1H3. The lowest BCUT2D eigenvalue weighted by Gasteiger charge is -2.39. The van der Waals surface area contributed by atoms with Gasteiger partial charge in [0, 0.05) is 24.8 Å². The molecule has 1 amide bonds. The van der Waals surface area contributed by atoms with Crippen LogP contribution in [0.1, 0.15) is 18.1 Å². The highest BCUT2D eigenvalue weighted by Crippen LogP contribution is 2.49. The SMILES string of the molecule is CC#CC1CN(C(=O)OCc2ccccc2)CCN1c1ccc(C(O)(C(F)(F)F)C(F)(F)F)cn1. The van der Waals surface area contributed by atoms with Crippen molar-refractivity contribution in [2.45, 2.75) is 37.5 Å². The van der Waals surface area contributed by atoms with Crippen molar-refractivity contribution in [2.75, 3.05) is 24.5 Å². The smallest absolute Gasteiger partial charge is 0.430 e. The van der Waals surface area contributed by atoms with Crippen molar-refractivity contribution in [1.29, 1.82) is 0 Å². The van der Waals surface area contributed by atoms with Gasteiger partial charge in [0.05, 0.1) is 6.54 Å². The number of ether oxygens (including phenoxy) is 1. The minimum Gasteiger partial charge on any atom is -0.445 e. The van der Waals surface area contributed by atoms with Crippen molar-refractivity contribution in [3.05, 3.63) is 59.8 Å². The predicted molar refractivity (Wildman–Crippen MR) is 113 cm³/mol. The Labute approximate surface area is 197 Å². The first kappa shape index (κ1) is 26.2. The number of aliphatic hydroxyl groups is 1. The van der Waals surface area contributed by atoms with Gasteiger partial charge < -0.3 is 19.6 Å². The number of amides is 1. The summed E-state index contributed by atoms with van der Waals surface area (Å²) < 4.78 is 84.0. The molecule has 1 aromatic carbocycles. The van der Waals surface area contributed by atoms with E-state index in [1.807, 2.05) is 6.07 Å². The van der Waals surface area contributed by atoms with Crippen LogP contribution in [0.5, 0.6) is 0 Å². The molecule has 2 heterocycles.